The molecule has 126 valence electrons. The van der Waals surface area contributed by atoms with Crippen LogP contribution in [0.5, 0.6) is 0 Å². The number of primary amides is 1. The number of halogens is 1. The van der Waals surface area contributed by atoms with Crippen molar-refractivity contribution >= 4 is 23.3 Å². The van der Waals surface area contributed by atoms with Crippen LogP contribution >= 0.6 is 11.6 Å². The smallest absolute Gasteiger partial charge is 0.260 e. The molecule has 1 amide bonds. The maximum absolute atomic E-state index is 12.7. The summed E-state index contributed by atoms with van der Waals surface area (Å²) in [6, 6.07) is 8.21. The molecule has 7 nitrogen and oxygen atoms in total. The van der Waals surface area contributed by atoms with Gasteiger partial charge in [0.05, 0.1) is 25.3 Å². The van der Waals surface area contributed by atoms with E-state index in [9.17, 15) is 9.59 Å². The van der Waals surface area contributed by atoms with E-state index in [1.54, 1.807) is 24.3 Å². The van der Waals surface area contributed by atoms with Gasteiger partial charge >= 0.3 is 0 Å². The molecule has 2 heterocycles. The highest BCUT2D eigenvalue weighted by atomic mass is 35.5. The lowest BCUT2D eigenvalue weighted by Gasteiger charge is -2.28. The number of ether oxygens (including phenoxy) is 1. The fourth-order valence-corrected chi connectivity index (χ4v) is 2.74. The highest BCUT2D eigenvalue weighted by Gasteiger charge is 2.18. The normalized spacial score (nSPS) is 14.6. The van der Waals surface area contributed by atoms with Crippen LogP contribution < -0.4 is 16.2 Å². The zero-order chi connectivity index (χ0) is 17.1. The Balaban J connectivity index is 2.08. The van der Waals surface area contributed by atoms with Crippen LogP contribution in [0.3, 0.4) is 0 Å². The van der Waals surface area contributed by atoms with Gasteiger partial charge in [0, 0.05) is 24.2 Å². The molecule has 0 saturated carbocycles. The van der Waals surface area contributed by atoms with Crippen LogP contribution in [0.15, 0.2) is 35.1 Å². The largest absolute Gasteiger partial charge is 0.378 e. The first-order valence-electron chi connectivity index (χ1n) is 7.54. The molecule has 0 radical (unpaired) electrons. The average Bonchev–Trinajstić information content (AvgIpc) is 2.56. The van der Waals surface area contributed by atoms with Crippen LogP contribution in [-0.4, -0.2) is 41.8 Å². The fourth-order valence-electron chi connectivity index (χ4n) is 2.61. The van der Waals surface area contributed by atoms with Crippen molar-refractivity contribution in [1.82, 2.24) is 9.55 Å². The molecule has 1 aromatic carbocycles. The molecule has 24 heavy (non-hydrogen) atoms. The van der Waals surface area contributed by atoms with E-state index in [4.69, 9.17) is 22.1 Å². The number of nitrogens with zero attached hydrogens (tertiary/aromatic N) is 3. The summed E-state index contributed by atoms with van der Waals surface area (Å²) in [7, 11) is 0. The van der Waals surface area contributed by atoms with Crippen LogP contribution in [0, 0.1) is 0 Å². The molecule has 0 spiro atoms. The van der Waals surface area contributed by atoms with Gasteiger partial charge < -0.3 is 15.4 Å². The van der Waals surface area contributed by atoms with Crippen LogP contribution in [0.2, 0.25) is 5.02 Å². The minimum atomic E-state index is -0.552. The first-order valence-corrected chi connectivity index (χ1v) is 7.92. The van der Waals surface area contributed by atoms with Crippen molar-refractivity contribution in [3.8, 4) is 5.69 Å². The lowest BCUT2D eigenvalue weighted by Crippen LogP contribution is -2.38. The second-order valence-electron chi connectivity index (χ2n) is 5.42. The van der Waals surface area contributed by atoms with Crippen molar-refractivity contribution in [2.24, 2.45) is 5.73 Å². The molecule has 1 saturated heterocycles. The number of morpholine rings is 1. The minimum absolute atomic E-state index is 0.129. The van der Waals surface area contributed by atoms with Crippen molar-refractivity contribution in [2.45, 2.75) is 6.42 Å². The number of aromatic nitrogens is 2. The number of hydrogen-bond acceptors (Lipinski definition) is 5. The van der Waals surface area contributed by atoms with E-state index in [1.807, 2.05) is 4.90 Å². The summed E-state index contributed by atoms with van der Waals surface area (Å²) in [5.74, 6) is 0.285. The maximum atomic E-state index is 12.7. The Morgan fingerprint density at radius 1 is 1.25 bits per heavy atom. The molecule has 2 aromatic rings. The lowest BCUT2D eigenvalue weighted by molar-refractivity contribution is -0.117. The van der Waals surface area contributed by atoms with E-state index in [0.29, 0.717) is 48.7 Å². The third kappa shape index (κ3) is 3.58. The number of nitrogens with two attached hydrogens (primary N) is 1. The Kier molecular flexibility index (Phi) is 4.82. The van der Waals surface area contributed by atoms with Gasteiger partial charge in [0.15, 0.2) is 0 Å². The summed E-state index contributed by atoms with van der Waals surface area (Å²) in [4.78, 5) is 30.5. The number of rotatable bonds is 4. The Labute approximate surface area is 143 Å². The van der Waals surface area contributed by atoms with Gasteiger partial charge in [0.1, 0.15) is 11.6 Å². The average molecular weight is 349 g/mol. The fraction of sp³-hybridized carbons (Fsp3) is 0.312. The number of carbonyl (C=O) groups is 1. The molecular formula is C16H17ClN4O3. The number of amides is 1. The summed E-state index contributed by atoms with van der Waals surface area (Å²) in [5.41, 5.74) is 5.64. The zero-order valence-corrected chi connectivity index (χ0v) is 13.7. The van der Waals surface area contributed by atoms with E-state index >= 15 is 0 Å². The van der Waals surface area contributed by atoms with Crippen molar-refractivity contribution in [3.05, 3.63) is 51.5 Å². The molecule has 8 heteroatoms. The second-order valence-corrected chi connectivity index (χ2v) is 5.86. The highest BCUT2D eigenvalue weighted by Crippen LogP contribution is 2.16. The number of anilines is 1. The Morgan fingerprint density at radius 3 is 2.54 bits per heavy atom. The third-order valence-corrected chi connectivity index (χ3v) is 3.98. The summed E-state index contributed by atoms with van der Waals surface area (Å²) in [6.45, 7) is 2.45. The molecule has 3 rings (SSSR count). The van der Waals surface area contributed by atoms with Crippen LogP contribution in [0.4, 0.5) is 5.82 Å². The molecule has 1 aliphatic heterocycles. The predicted octanol–water partition coefficient (Wildman–Crippen LogP) is 0.750. The van der Waals surface area contributed by atoms with E-state index in [1.165, 1.54) is 10.6 Å². The van der Waals surface area contributed by atoms with Gasteiger partial charge in [-0.2, -0.15) is 0 Å². The summed E-state index contributed by atoms with van der Waals surface area (Å²) in [5, 5.41) is 0.557. The molecule has 0 aliphatic carbocycles. The van der Waals surface area contributed by atoms with Crippen LogP contribution in [-0.2, 0) is 16.0 Å². The predicted molar refractivity (Wildman–Crippen MR) is 90.8 cm³/mol. The number of hydrogen-bond donors (Lipinski definition) is 1. The summed E-state index contributed by atoms with van der Waals surface area (Å²) in [6.07, 6.45) is -0.129. The van der Waals surface area contributed by atoms with E-state index in [0.717, 1.165) is 0 Å². The SMILES string of the molecule is NC(=O)Cc1nc(N2CCOCC2)cc(=O)n1-c1ccc(Cl)cc1. The molecule has 1 aromatic heterocycles. The number of carbonyl (C=O) groups excluding carboxylic acids is 1. The summed E-state index contributed by atoms with van der Waals surface area (Å²) >= 11 is 5.89. The van der Waals surface area contributed by atoms with Crippen molar-refractivity contribution in [1.29, 1.82) is 0 Å². The van der Waals surface area contributed by atoms with E-state index in [2.05, 4.69) is 4.98 Å². The van der Waals surface area contributed by atoms with Crippen LogP contribution in [0.1, 0.15) is 5.82 Å². The number of benzene rings is 1. The van der Waals surface area contributed by atoms with Gasteiger partial charge in [0.2, 0.25) is 5.91 Å². The van der Waals surface area contributed by atoms with E-state index in [-0.39, 0.29) is 12.0 Å². The molecule has 0 unspecified atom stereocenters. The van der Waals surface area contributed by atoms with Gasteiger partial charge in [-0.3, -0.25) is 14.2 Å². The monoisotopic (exact) mass is 348 g/mol. The molecule has 0 bridgehead atoms. The molecule has 1 aliphatic rings. The Morgan fingerprint density at radius 2 is 1.92 bits per heavy atom. The first kappa shape index (κ1) is 16.5. The van der Waals surface area contributed by atoms with Gasteiger partial charge in [-0.05, 0) is 24.3 Å². The molecular weight excluding hydrogens is 332 g/mol. The van der Waals surface area contributed by atoms with Gasteiger partial charge in [0.25, 0.3) is 5.56 Å². The topological polar surface area (TPSA) is 90.5 Å². The second kappa shape index (κ2) is 7.02. The highest BCUT2D eigenvalue weighted by molar-refractivity contribution is 6.30. The quantitative estimate of drug-likeness (QED) is 0.880. The minimum Gasteiger partial charge on any atom is -0.378 e. The zero-order valence-electron chi connectivity index (χ0n) is 12.9. The van der Waals surface area contributed by atoms with Crippen molar-refractivity contribution in [2.75, 3.05) is 31.2 Å². The molecule has 2 N–H and O–H groups in total. The summed E-state index contributed by atoms with van der Waals surface area (Å²) < 4.78 is 6.69. The molecule has 0 atom stereocenters. The Bertz CT molecular complexity index is 798. The van der Waals surface area contributed by atoms with Gasteiger partial charge in [-0.15, -0.1) is 0 Å². The lowest BCUT2D eigenvalue weighted by atomic mass is 10.2. The van der Waals surface area contributed by atoms with Gasteiger partial charge in [-0.25, -0.2) is 4.98 Å². The van der Waals surface area contributed by atoms with Gasteiger partial charge in [-0.1, -0.05) is 11.6 Å². The van der Waals surface area contributed by atoms with Crippen molar-refractivity contribution < 1.29 is 9.53 Å². The first-order chi connectivity index (χ1) is 11.5. The standard InChI is InChI=1S/C16H17ClN4O3/c17-11-1-3-12(4-2-11)21-15(9-13(18)22)19-14(10-16(21)23)20-5-7-24-8-6-20/h1-4,10H,5-9H2,(H2,18,22). The Hall–Kier alpha value is -2.38. The third-order valence-electron chi connectivity index (χ3n) is 3.73. The molecule has 1 fully saturated rings. The maximum Gasteiger partial charge on any atom is 0.260 e. The van der Waals surface area contributed by atoms with Crippen LogP contribution in [0.25, 0.3) is 5.69 Å². The van der Waals surface area contributed by atoms with Crippen molar-refractivity contribution in [3.63, 3.8) is 0 Å². The van der Waals surface area contributed by atoms with E-state index < -0.39 is 5.91 Å².